The van der Waals surface area contributed by atoms with E-state index in [1.54, 1.807) is 6.92 Å². The van der Waals surface area contributed by atoms with E-state index in [1.807, 2.05) is 0 Å². The monoisotopic (exact) mass is 249 g/mol. The third kappa shape index (κ3) is 2.07. The van der Waals surface area contributed by atoms with E-state index in [0.717, 1.165) is 6.07 Å². The molecule has 1 aromatic heterocycles. The zero-order chi connectivity index (χ0) is 13.3. The van der Waals surface area contributed by atoms with Crippen molar-refractivity contribution < 1.29 is 18.7 Å². The Morgan fingerprint density at radius 3 is 2.72 bits per heavy atom. The van der Waals surface area contributed by atoms with E-state index in [9.17, 15) is 13.6 Å². The molecule has 5 heteroatoms. The van der Waals surface area contributed by atoms with Gasteiger partial charge in [0.05, 0.1) is 11.3 Å². The molecule has 92 valence electrons. The fourth-order valence-electron chi connectivity index (χ4n) is 1.60. The van der Waals surface area contributed by atoms with Crippen LogP contribution in [0.5, 0.6) is 0 Å². The summed E-state index contributed by atoms with van der Waals surface area (Å²) in [4.78, 5) is 14.9. The van der Waals surface area contributed by atoms with Crippen molar-refractivity contribution in [2.45, 2.75) is 6.92 Å². The second kappa shape index (κ2) is 4.52. The van der Waals surface area contributed by atoms with Crippen molar-refractivity contribution in [1.82, 2.24) is 4.98 Å². The molecular weight excluding hydrogens is 240 g/mol. The molecule has 2 aromatic rings. The number of rotatable bonds is 2. The number of aromatic carboxylic acids is 1. The Morgan fingerprint density at radius 1 is 1.33 bits per heavy atom. The predicted molar refractivity (Wildman–Crippen MR) is 61.3 cm³/mol. The molecule has 0 saturated carbocycles. The zero-order valence-corrected chi connectivity index (χ0v) is 9.45. The van der Waals surface area contributed by atoms with E-state index < -0.39 is 17.6 Å². The van der Waals surface area contributed by atoms with E-state index in [2.05, 4.69) is 4.98 Å². The molecule has 0 atom stereocenters. The first-order valence-corrected chi connectivity index (χ1v) is 5.15. The normalized spacial score (nSPS) is 10.4. The summed E-state index contributed by atoms with van der Waals surface area (Å²) in [5, 5.41) is 8.97. The van der Waals surface area contributed by atoms with Gasteiger partial charge in [0.25, 0.3) is 0 Å². The molecule has 3 nitrogen and oxygen atoms in total. The first-order valence-electron chi connectivity index (χ1n) is 5.15. The number of halogens is 2. The lowest BCUT2D eigenvalue weighted by Crippen LogP contribution is -2.02. The van der Waals surface area contributed by atoms with E-state index in [0.29, 0.717) is 5.56 Å². The highest BCUT2D eigenvalue weighted by molar-refractivity contribution is 5.90. The van der Waals surface area contributed by atoms with Gasteiger partial charge in [0.1, 0.15) is 0 Å². The van der Waals surface area contributed by atoms with Crippen molar-refractivity contribution in [3.05, 3.63) is 53.2 Å². The minimum atomic E-state index is -1.13. The molecule has 18 heavy (non-hydrogen) atoms. The molecule has 0 amide bonds. The summed E-state index contributed by atoms with van der Waals surface area (Å²) in [5.41, 5.74) is 0.513. The molecule has 0 unspecified atom stereocenters. The van der Waals surface area contributed by atoms with Crippen LogP contribution in [0.4, 0.5) is 8.78 Å². The summed E-state index contributed by atoms with van der Waals surface area (Å²) in [5.74, 6) is -3.16. The fraction of sp³-hybridized carbons (Fsp3) is 0.0769. The number of aromatic nitrogens is 1. The maximum Gasteiger partial charge on any atom is 0.336 e. The third-order valence-electron chi connectivity index (χ3n) is 2.56. The number of benzene rings is 1. The van der Waals surface area contributed by atoms with Crippen LogP contribution in [0.25, 0.3) is 11.3 Å². The SMILES string of the molecule is Cc1cnc(-c2cccc(F)c2F)cc1C(=O)O. The predicted octanol–water partition coefficient (Wildman–Crippen LogP) is 3.03. The average molecular weight is 249 g/mol. The number of nitrogens with zero attached hydrogens (tertiary/aromatic N) is 1. The Kier molecular flexibility index (Phi) is 3.06. The van der Waals surface area contributed by atoms with Crippen molar-refractivity contribution in [3.63, 3.8) is 0 Å². The molecule has 0 aliphatic rings. The molecule has 0 radical (unpaired) electrons. The van der Waals surface area contributed by atoms with Crippen molar-refractivity contribution in [2.24, 2.45) is 0 Å². The van der Waals surface area contributed by atoms with Crippen LogP contribution in [0.3, 0.4) is 0 Å². The highest BCUT2D eigenvalue weighted by Crippen LogP contribution is 2.24. The van der Waals surface area contributed by atoms with Crippen molar-refractivity contribution >= 4 is 5.97 Å². The summed E-state index contributed by atoms with van der Waals surface area (Å²) in [6.07, 6.45) is 1.32. The molecule has 0 fully saturated rings. The maximum atomic E-state index is 13.6. The van der Waals surface area contributed by atoms with E-state index in [1.165, 1.54) is 24.4 Å². The number of hydrogen-bond donors (Lipinski definition) is 1. The molecule has 0 aliphatic carbocycles. The molecule has 0 bridgehead atoms. The van der Waals surface area contributed by atoms with Gasteiger partial charge in [0.2, 0.25) is 0 Å². The Morgan fingerprint density at radius 2 is 2.06 bits per heavy atom. The minimum Gasteiger partial charge on any atom is -0.478 e. The second-order valence-electron chi connectivity index (χ2n) is 3.79. The Bertz CT molecular complexity index is 626. The minimum absolute atomic E-state index is 0.0173. The maximum absolute atomic E-state index is 13.6. The largest absolute Gasteiger partial charge is 0.478 e. The first kappa shape index (κ1) is 12.2. The van der Waals surface area contributed by atoms with Gasteiger partial charge in [0.15, 0.2) is 11.6 Å². The quantitative estimate of drug-likeness (QED) is 0.889. The molecule has 0 aliphatic heterocycles. The average Bonchev–Trinajstić information content (AvgIpc) is 2.33. The second-order valence-corrected chi connectivity index (χ2v) is 3.79. The number of pyridine rings is 1. The highest BCUT2D eigenvalue weighted by Gasteiger charge is 2.14. The van der Waals surface area contributed by atoms with Gasteiger partial charge in [-0.15, -0.1) is 0 Å². The highest BCUT2D eigenvalue weighted by atomic mass is 19.2. The summed E-state index contributed by atoms with van der Waals surface area (Å²) in [7, 11) is 0. The zero-order valence-electron chi connectivity index (χ0n) is 9.45. The topological polar surface area (TPSA) is 50.2 Å². The number of aryl methyl sites for hydroxylation is 1. The van der Waals surface area contributed by atoms with Crippen LogP contribution < -0.4 is 0 Å². The van der Waals surface area contributed by atoms with Gasteiger partial charge in [0, 0.05) is 11.8 Å². The molecule has 1 heterocycles. The van der Waals surface area contributed by atoms with Crippen molar-refractivity contribution in [1.29, 1.82) is 0 Å². The smallest absolute Gasteiger partial charge is 0.336 e. The fourth-order valence-corrected chi connectivity index (χ4v) is 1.60. The van der Waals surface area contributed by atoms with Crippen LogP contribution in [0.2, 0.25) is 0 Å². The lowest BCUT2D eigenvalue weighted by atomic mass is 10.1. The van der Waals surface area contributed by atoms with Crippen LogP contribution in [-0.4, -0.2) is 16.1 Å². The summed E-state index contributed by atoms with van der Waals surface area (Å²) in [6.45, 7) is 1.59. The van der Waals surface area contributed by atoms with E-state index >= 15 is 0 Å². The molecule has 1 N–H and O–H groups in total. The molecule has 0 spiro atoms. The number of hydrogen-bond acceptors (Lipinski definition) is 2. The van der Waals surface area contributed by atoms with Gasteiger partial charge in [-0.2, -0.15) is 0 Å². The van der Waals surface area contributed by atoms with Crippen LogP contribution in [0.15, 0.2) is 30.5 Å². The summed E-state index contributed by atoms with van der Waals surface area (Å²) in [6, 6.07) is 4.91. The Balaban J connectivity index is 2.62. The number of carboxylic acids is 1. The summed E-state index contributed by atoms with van der Waals surface area (Å²) >= 11 is 0. The third-order valence-corrected chi connectivity index (χ3v) is 2.56. The lowest BCUT2D eigenvalue weighted by molar-refractivity contribution is 0.0696. The van der Waals surface area contributed by atoms with Crippen molar-refractivity contribution in [2.75, 3.05) is 0 Å². The molecule has 0 saturated heterocycles. The molecule has 1 aromatic carbocycles. The van der Waals surface area contributed by atoms with E-state index in [-0.39, 0.29) is 16.8 Å². The molecular formula is C13H9F2NO2. The lowest BCUT2D eigenvalue weighted by Gasteiger charge is -2.06. The van der Waals surface area contributed by atoms with Crippen LogP contribution in [-0.2, 0) is 0 Å². The van der Waals surface area contributed by atoms with Gasteiger partial charge < -0.3 is 5.11 Å². The van der Waals surface area contributed by atoms with Crippen LogP contribution in [0, 0.1) is 18.6 Å². The standard InChI is InChI=1S/C13H9F2NO2/c1-7-6-16-11(5-9(7)13(17)18)8-3-2-4-10(14)12(8)15/h2-6H,1H3,(H,17,18). The first-order chi connectivity index (χ1) is 8.50. The number of carboxylic acid groups (broad SMARTS) is 1. The van der Waals surface area contributed by atoms with Gasteiger partial charge in [-0.3, -0.25) is 4.98 Å². The van der Waals surface area contributed by atoms with Gasteiger partial charge in [-0.25, -0.2) is 13.6 Å². The van der Waals surface area contributed by atoms with E-state index in [4.69, 9.17) is 5.11 Å². The Labute approximate surface area is 102 Å². The summed E-state index contributed by atoms with van der Waals surface area (Å²) < 4.78 is 26.6. The van der Waals surface area contributed by atoms with Gasteiger partial charge in [-0.05, 0) is 30.7 Å². The van der Waals surface area contributed by atoms with Crippen molar-refractivity contribution in [3.8, 4) is 11.3 Å². The van der Waals surface area contributed by atoms with Gasteiger partial charge in [-0.1, -0.05) is 6.07 Å². The Hall–Kier alpha value is -2.30. The molecule has 2 rings (SSSR count). The van der Waals surface area contributed by atoms with Crippen LogP contribution >= 0.6 is 0 Å². The van der Waals surface area contributed by atoms with Gasteiger partial charge >= 0.3 is 5.97 Å². The number of carbonyl (C=O) groups is 1. The van der Waals surface area contributed by atoms with Crippen LogP contribution in [0.1, 0.15) is 15.9 Å².